The maximum Gasteiger partial charge on any atom is 0.305 e. The Kier molecular flexibility index (Phi) is 4.71. The molecule has 0 spiro atoms. The standard InChI is InChI=1S/C16H22ClNO2/c1-3-18(4-2)16(11-15(19)20,12-5-6-12)13-7-9-14(17)10-8-13/h7-10,12H,3-6,11H2,1-2H3,(H,19,20). The molecule has 0 bridgehead atoms. The lowest BCUT2D eigenvalue weighted by Crippen LogP contribution is -2.49. The number of halogens is 1. The van der Waals surface area contributed by atoms with Crippen molar-refractivity contribution < 1.29 is 9.90 Å². The molecule has 0 amide bonds. The van der Waals surface area contributed by atoms with Crippen LogP contribution in [-0.4, -0.2) is 29.1 Å². The van der Waals surface area contributed by atoms with Crippen LogP contribution < -0.4 is 0 Å². The summed E-state index contributed by atoms with van der Waals surface area (Å²) in [6.45, 7) is 5.89. The summed E-state index contributed by atoms with van der Waals surface area (Å²) in [5.74, 6) is -0.307. The minimum absolute atomic E-state index is 0.154. The monoisotopic (exact) mass is 295 g/mol. The molecule has 4 heteroatoms. The lowest BCUT2D eigenvalue weighted by atomic mass is 9.80. The molecule has 0 radical (unpaired) electrons. The minimum Gasteiger partial charge on any atom is -0.481 e. The average Bonchev–Trinajstić information content (AvgIpc) is 3.23. The zero-order valence-corrected chi connectivity index (χ0v) is 12.9. The van der Waals surface area contributed by atoms with Crippen LogP contribution in [-0.2, 0) is 10.3 Å². The van der Waals surface area contributed by atoms with Crippen LogP contribution >= 0.6 is 11.6 Å². The first-order chi connectivity index (χ1) is 9.54. The summed E-state index contributed by atoms with van der Waals surface area (Å²) in [5, 5.41) is 10.1. The number of carbonyl (C=O) groups is 1. The molecule has 1 saturated carbocycles. The summed E-state index contributed by atoms with van der Waals surface area (Å²) in [6, 6.07) is 7.70. The predicted octanol–water partition coefficient (Wildman–Crippen LogP) is 3.76. The van der Waals surface area contributed by atoms with E-state index in [1.54, 1.807) is 0 Å². The third-order valence-electron chi connectivity index (χ3n) is 4.35. The Hall–Kier alpha value is -1.06. The van der Waals surface area contributed by atoms with E-state index in [1.165, 1.54) is 0 Å². The van der Waals surface area contributed by atoms with Crippen LogP contribution in [0.15, 0.2) is 24.3 Å². The van der Waals surface area contributed by atoms with Crippen molar-refractivity contribution in [2.45, 2.75) is 38.6 Å². The molecule has 1 atom stereocenters. The summed E-state index contributed by atoms with van der Waals surface area (Å²) < 4.78 is 0. The van der Waals surface area contributed by atoms with Crippen LogP contribution in [0.5, 0.6) is 0 Å². The molecule has 110 valence electrons. The molecule has 0 saturated heterocycles. The number of rotatable bonds is 7. The van der Waals surface area contributed by atoms with Gasteiger partial charge in [-0.2, -0.15) is 0 Å². The summed E-state index contributed by atoms with van der Waals surface area (Å²) in [5.41, 5.74) is 0.690. The van der Waals surface area contributed by atoms with Gasteiger partial charge in [0.05, 0.1) is 12.0 Å². The summed E-state index contributed by atoms with van der Waals surface area (Å²) >= 11 is 5.98. The van der Waals surface area contributed by atoms with Crippen molar-refractivity contribution in [1.29, 1.82) is 0 Å². The van der Waals surface area contributed by atoms with E-state index in [0.29, 0.717) is 10.9 Å². The lowest BCUT2D eigenvalue weighted by Gasteiger charge is -2.43. The van der Waals surface area contributed by atoms with Crippen molar-refractivity contribution in [3.63, 3.8) is 0 Å². The van der Waals surface area contributed by atoms with Gasteiger partial charge in [0.2, 0.25) is 0 Å². The molecule has 0 heterocycles. The number of carboxylic acid groups (broad SMARTS) is 1. The minimum atomic E-state index is -0.737. The van der Waals surface area contributed by atoms with Crippen LogP contribution in [0.25, 0.3) is 0 Å². The van der Waals surface area contributed by atoms with E-state index >= 15 is 0 Å². The maximum absolute atomic E-state index is 11.5. The van der Waals surface area contributed by atoms with E-state index in [0.717, 1.165) is 31.5 Å². The van der Waals surface area contributed by atoms with Crippen LogP contribution in [0.1, 0.15) is 38.7 Å². The predicted molar refractivity (Wildman–Crippen MR) is 81.0 cm³/mol. The molecular formula is C16H22ClNO2. The highest BCUT2D eigenvalue weighted by molar-refractivity contribution is 6.30. The van der Waals surface area contributed by atoms with Gasteiger partial charge in [0.15, 0.2) is 0 Å². The van der Waals surface area contributed by atoms with Crippen molar-refractivity contribution in [3.8, 4) is 0 Å². The summed E-state index contributed by atoms with van der Waals surface area (Å²) in [7, 11) is 0. The second-order valence-electron chi connectivity index (χ2n) is 5.45. The quantitative estimate of drug-likeness (QED) is 0.832. The van der Waals surface area contributed by atoms with Gasteiger partial charge in [-0.15, -0.1) is 0 Å². The molecule has 0 aromatic heterocycles. The van der Waals surface area contributed by atoms with Gasteiger partial charge in [-0.05, 0) is 49.5 Å². The van der Waals surface area contributed by atoms with E-state index in [1.807, 2.05) is 24.3 Å². The molecule has 20 heavy (non-hydrogen) atoms. The number of aliphatic carboxylic acids is 1. The van der Waals surface area contributed by atoms with Gasteiger partial charge >= 0.3 is 5.97 Å². The van der Waals surface area contributed by atoms with Crippen LogP contribution in [0.4, 0.5) is 0 Å². The zero-order valence-electron chi connectivity index (χ0n) is 12.1. The van der Waals surface area contributed by atoms with Crippen LogP contribution in [0.2, 0.25) is 5.02 Å². The third-order valence-corrected chi connectivity index (χ3v) is 4.60. The Morgan fingerprint density at radius 1 is 1.30 bits per heavy atom. The van der Waals surface area contributed by atoms with Gasteiger partial charge < -0.3 is 5.11 Å². The average molecular weight is 296 g/mol. The molecule has 1 aromatic rings. The van der Waals surface area contributed by atoms with E-state index in [4.69, 9.17) is 11.6 Å². The second kappa shape index (κ2) is 6.15. The maximum atomic E-state index is 11.5. The number of hydrogen-bond acceptors (Lipinski definition) is 2. The highest BCUT2D eigenvalue weighted by Gasteiger charge is 2.50. The first-order valence-corrected chi connectivity index (χ1v) is 7.65. The van der Waals surface area contributed by atoms with Gasteiger partial charge in [-0.1, -0.05) is 37.6 Å². The fourth-order valence-electron chi connectivity index (χ4n) is 3.35. The number of hydrogen-bond donors (Lipinski definition) is 1. The third kappa shape index (κ3) is 2.84. The molecule has 1 aliphatic rings. The van der Waals surface area contributed by atoms with Crippen molar-refractivity contribution in [2.24, 2.45) is 5.92 Å². The topological polar surface area (TPSA) is 40.5 Å². The molecule has 1 fully saturated rings. The normalized spacial score (nSPS) is 18.0. The Labute approximate surface area is 125 Å². The largest absolute Gasteiger partial charge is 0.481 e. The highest BCUT2D eigenvalue weighted by Crippen LogP contribution is 2.51. The summed E-state index contributed by atoms with van der Waals surface area (Å²) in [4.78, 5) is 13.8. The highest BCUT2D eigenvalue weighted by atomic mass is 35.5. The van der Waals surface area contributed by atoms with E-state index in [9.17, 15) is 9.90 Å². The zero-order chi connectivity index (χ0) is 14.8. The molecule has 1 aliphatic carbocycles. The Bertz CT molecular complexity index is 466. The fourth-order valence-corrected chi connectivity index (χ4v) is 3.48. The first-order valence-electron chi connectivity index (χ1n) is 7.27. The van der Waals surface area contributed by atoms with E-state index in [-0.39, 0.29) is 12.0 Å². The van der Waals surface area contributed by atoms with E-state index < -0.39 is 5.97 Å². The molecule has 1 aromatic carbocycles. The SMILES string of the molecule is CCN(CC)C(CC(=O)O)(c1ccc(Cl)cc1)C1CC1. The fraction of sp³-hybridized carbons (Fsp3) is 0.562. The van der Waals surface area contributed by atoms with Crippen molar-refractivity contribution in [1.82, 2.24) is 4.90 Å². The molecule has 1 unspecified atom stereocenters. The van der Waals surface area contributed by atoms with Crippen molar-refractivity contribution in [2.75, 3.05) is 13.1 Å². The first kappa shape index (κ1) is 15.3. The van der Waals surface area contributed by atoms with E-state index in [2.05, 4.69) is 18.7 Å². The van der Waals surface area contributed by atoms with Gasteiger partial charge in [0, 0.05) is 5.02 Å². The Morgan fingerprint density at radius 3 is 2.25 bits per heavy atom. The van der Waals surface area contributed by atoms with Gasteiger partial charge in [-0.3, -0.25) is 9.69 Å². The summed E-state index contributed by atoms with van der Waals surface area (Å²) in [6.07, 6.45) is 2.36. The second-order valence-corrected chi connectivity index (χ2v) is 5.88. The van der Waals surface area contributed by atoms with Crippen LogP contribution in [0.3, 0.4) is 0 Å². The smallest absolute Gasteiger partial charge is 0.305 e. The van der Waals surface area contributed by atoms with Crippen molar-refractivity contribution in [3.05, 3.63) is 34.9 Å². The van der Waals surface area contributed by atoms with Crippen molar-refractivity contribution >= 4 is 17.6 Å². The molecular weight excluding hydrogens is 274 g/mol. The molecule has 2 rings (SSSR count). The number of nitrogens with zero attached hydrogens (tertiary/aromatic N) is 1. The molecule has 1 N–H and O–H groups in total. The molecule has 3 nitrogen and oxygen atoms in total. The van der Waals surface area contributed by atoms with Gasteiger partial charge in [0.1, 0.15) is 0 Å². The van der Waals surface area contributed by atoms with Gasteiger partial charge in [0.25, 0.3) is 0 Å². The lowest BCUT2D eigenvalue weighted by molar-refractivity contribution is -0.141. The number of carboxylic acids is 1. The number of benzene rings is 1. The Balaban J connectivity index is 2.50. The van der Waals surface area contributed by atoms with Crippen LogP contribution in [0, 0.1) is 5.92 Å². The van der Waals surface area contributed by atoms with Gasteiger partial charge in [-0.25, -0.2) is 0 Å². The Morgan fingerprint density at radius 2 is 1.85 bits per heavy atom. The molecule has 0 aliphatic heterocycles.